The van der Waals surface area contributed by atoms with E-state index in [9.17, 15) is 5.11 Å². The fraction of sp³-hybridized carbons (Fsp3) is 0.455. The summed E-state index contributed by atoms with van der Waals surface area (Å²) >= 11 is 0. The maximum Gasteiger partial charge on any atom is 0.466 e. The monoisotopic (exact) mass is 262 g/mol. The molecule has 0 saturated heterocycles. The standard InChI is InChI=1S/C11H16O.H3O4P/c1-8-5-6-10(12)9(7-8)11(2,3)4;1-5(2,3)4/h5-7,12H,1-4H3;(H3,1,2,3,4). The lowest BCUT2D eigenvalue weighted by molar-refractivity contribution is 0.275. The van der Waals surface area contributed by atoms with Gasteiger partial charge in [0.15, 0.2) is 0 Å². The van der Waals surface area contributed by atoms with Gasteiger partial charge >= 0.3 is 7.82 Å². The minimum absolute atomic E-state index is 0.0239. The second kappa shape index (κ2) is 5.65. The number of benzene rings is 1. The third-order valence-electron chi connectivity index (χ3n) is 1.96. The van der Waals surface area contributed by atoms with Crippen LogP contribution in [-0.4, -0.2) is 19.8 Å². The van der Waals surface area contributed by atoms with Crippen molar-refractivity contribution < 1.29 is 24.4 Å². The van der Waals surface area contributed by atoms with E-state index in [1.807, 2.05) is 19.1 Å². The largest absolute Gasteiger partial charge is 0.508 e. The Morgan fingerprint density at radius 3 is 1.82 bits per heavy atom. The molecule has 4 N–H and O–H groups in total. The predicted octanol–water partition coefficient (Wildman–Crippen LogP) is 2.07. The summed E-state index contributed by atoms with van der Waals surface area (Å²) in [5, 5.41) is 9.57. The van der Waals surface area contributed by atoms with Gasteiger partial charge in [0.05, 0.1) is 0 Å². The SMILES string of the molecule is Cc1ccc(O)c(C(C)(C)C)c1.O=P(O)(O)O. The summed E-state index contributed by atoms with van der Waals surface area (Å²) in [7, 11) is -4.64. The van der Waals surface area contributed by atoms with Crippen LogP contribution < -0.4 is 0 Å². The van der Waals surface area contributed by atoms with E-state index in [0.29, 0.717) is 5.75 Å². The molecule has 1 rings (SSSR count). The van der Waals surface area contributed by atoms with E-state index in [4.69, 9.17) is 19.2 Å². The summed E-state index contributed by atoms with van der Waals surface area (Å²) in [5.41, 5.74) is 2.23. The number of rotatable bonds is 0. The van der Waals surface area contributed by atoms with E-state index >= 15 is 0 Å². The van der Waals surface area contributed by atoms with E-state index < -0.39 is 7.82 Å². The van der Waals surface area contributed by atoms with Crippen LogP contribution >= 0.6 is 7.82 Å². The summed E-state index contributed by atoms with van der Waals surface area (Å²) in [5.74, 6) is 0.396. The van der Waals surface area contributed by atoms with Crippen LogP contribution in [0.3, 0.4) is 0 Å². The molecule has 0 aromatic heterocycles. The molecule has 1 aromatic rings. The van der Waals surface area contributed by atoms with Gasteiger partial charge in [0.25, 0.3) is 0 Å². The van der Waals surface area contributed by atoms with Gasteiger partial charge in [-0.2, -0.15) is 0 Å². The molecule has 98 valence electrons. The molecule has 0 aliphatic carbocycles. The minimum atomic E-state index is -4.64. The van der Waals surface area contributed by atoms with Crippen molar-refractivity contribution in [3.05, 3.63) is 29.3 Å². The molecule has 5 nitrogen and oxygen atoms in total. The zero-order valence-corrected chi connectivity index (χ0v) is 11.3. The Morgan fingerprint density at radius 1 is 1.12 bits per heavy atom. The first-order valence-corrected chi connectivity index (χ1v) is 6.56. The van der Waals surface area contributed by atoms with Crippen LogP contribution in [-0.2, 0) is 9.98 Å². The van der Waals surface area contributed by atoms with Crippen molar-refractivity contribution in [1.29, 1.82) is 0 Å². The minimum Gasteiger partial charge on any atom is -0.508 e. The normalized spacial score (nSPS) is 11.7. The summed E-state index contributed by atoms with van der Waals surface area (Å²) in [6, 6.07) is 5.72. The van der Waals surface area contributed by atoms with Gasteiger partial charge < -0.3 is 19.8 Å². The Balaban J connectivity index is 0.000000437. The highest BCUT2D eigenvalue weighted by Gasteiger charge is 2.17. The van der Waals surface area contributed by atoms with Crippen LogP contribution in [0.1, 0.15) is 31.9 Å². The van der Waals surface area contributed by atoms with Gasteiger partial charge in [0.2, 0.25) is 0 Å². The summed E-state index contributed by atoms with van der Waals surface area (Å²) < 4.78 is 8.88. The average molecular weight is 262 g/mol. The molecule has 0 radical (unpaired) electrons. The zero-order chi connectivity index (χ0) is 13.9. The van der Waals surface area contributed by atoms with Crippen LogP contribution in [0.25, 0.3) is 0 Å². The number of hydrogen-bond donors (Lipinski definition) is 4. The van der Waals surface area contributed by atoms with Crippen molar-refractivity contribution >= 4 is 7.82 Å². The van der Waals surface area contributed by atoms with Crippen molar-refractivity contribution in [2.24, 2.45) is 0 Å². The number of aryl methyl sites for hydroxylation is 1. The molecule has 0 unspecified atom stereocenters. The quantitative estimate of drug-likeness (QED) is 0.536. The highest BCUT2D eigenvalue weighted by Crippen LogP contribution is 2.30. The number of phosphoric acid groups is 1. The molecule has 0 atom stereocenters. The third-order valence-corrected chi connectivity index (χ3v) is 1.96. The molecule has 0 bridgehead atoms. The summed E-state index contributed by atoms with van der Waals surface area (Å²) in [6.45, 7) is 8.33. The van der Waals surface area contributed by atoms with E-state index in [0.717, 1.165) is 5.56 Å². The molecule has 0 aliphatic rings. The van der Waals surface area contributed by atoms with Crippen LogP contribution in [0.2, 0.25) is 0 Å². The van der Waals surface area contributed by atoms with E-state index in [-0.39, 0.29) is 5.41 Å². The maximum absolute atomic E-state index is 9.57. The fourth-order valence-corrected chi connectivity index (χ4v) is 1.25. The number of phenols is 1. The molecular formula is C11H19O5P. The highest BCUT2D eigenvalue weighted by atomic mass is 31.2. The first-order valence-electron chi connectivity index (χ1n) is 4.99. The molecule has 0 fully saturated rings. The van der Waals surface area contributed by atoms with Gasteiger partial charge in [0.1, 0.15) is 5.75 Å². The van der Waals surface area contributed by atoms with Crippen molar-refractivity contribution in [2.45, 2.75) is 33.1 Å². The summed E-state index contributed by atoms with van der Waals surface area (Å²) in [4.78, 5) is 21.6. The zero-order valence-electron chi connectivity index (χ0n) is 10.4. The molecule has 0 heterocycles. The average Bonchev–Trinajstić information content (AvgIpc) is 2.04. The van der Waals surface area contributed by atoms with E-state index in [1.54, 1.807) is 6.07 Å². The van der Waals surface area contributed by atoms with Gasteiger partial charge in [-0.3, -0.25) is 0 Å². The molecule has 0 amide bonds. The Hall–Kier alpha value is -0.870. The fourth-order valence-electron chi connectivity index (χ4n) is 1.25. The Bertz CT molecular complexity index is 408. The van der Waals surface area contributed by atoms with Crippen LogP contribution in [0.5, 0.6) is 5.75 Å². The lowest BCUT2D eigenvalue weighted by Gasteiger charge is -2.20. The van der Waals surface area contributed by atoms with Gasteiger partial charge in [-0.1, -0.05) is 38.5 Å². The predicted molar refractivity (Wildman–Crippen MR) is 65.8 cm³/mol. The van der Waals surface area contributed by atoms with Crippen LogP contribution in [0.15, 0.2) is 18.2 Å². The first kappa shape index (κ1) is 16.1. The summed E-state index contributed by atoms with van der Waals surface area (Å²) in [6.07, 6.45) is 0. The van der Waals surface area contributed by atoms with Gasteiger partial charge in [-0.05, 0) is 24.0 Å². The lowest BCUT2D eigenvalue weighted by atomic mass is 9.85. The number of aromatic hydroxyl groups is 1. The second-order valence-corrected chi connectivity index (χ2v) is 5.81. The molecule has 0 saturated carbocycles. The maximum atomic E-state index is 9.57. The molecule has 6 heteroatoms. The second-order valence-electron chi connectivity index (χ2n) is 4.78. The van der Waals surface area contributed by atoms with Crippen molar-refractivity contribution in [3.63, 3.8) is 0 Å². The smallest absolute Gasteiger partial charge is 0.466 e. The van der Waals surface area contributed by atoms with Crippen LogP contribution in [0, 0.1) is 6.92 Å². The number of phenolic OH excluding ortho intramolecular Hbond substituents is 1. The Kier molecular flexibility index (Phi) is 5.36. The van der Waals surface area contributed by atoms with Crippen LogP contribution in [0.4, 0.5) is 0 Å². The van der Waals surface area contributed by atoms with E-state index in [1.165, 1.54) is 5.56 Å². The molecule has 17 heavy (non-hydrogen) atoms. The van der Waals surface area contributed by atoms with E-state index in [2.05, 4.69) is 20.8 Å². The van der Waals surface area contributed by atoms with Gasteiger partial charge in [-0.25, -0.2) is 4.57 Å². The highest BCUT2D eigenvalue weighted by molar-refractivity contribution is 7.45. The molecule has 1 aromatic carbocycles. The van der Waals surface area contributed by atoms with Crippen molar-refractivity contribution in [1.82, 2.24) is 0 Å². The molecule has 0 aliphatic heterocycles. The topological polar surface area (TPSA) is 98.0 Å². The Labute approximate surface area is 101 Å². The lowest BCUT2D eigenvalue weighted by Crippen LogP contribution is -2.11. The molecule has 0 spiro atoms. The third kappa shape index (κ3) is 7.94. The van der Waals surface area contributed by atoms with Crippen molar-refractivity contribution in [3.8, 4) is 5.75 Å². The van der Waals surface area contributed by atoms with Gasteiger partial charge in [-0.15, -0.1) is 0 Å². The number of hydrogen-bond acceptors (Lipinski definition) is 2. The first-order chi connectivity index (χ1) is 7.41. The Morgan fingerprint density at radius 2 is 1.53 bits per heavy atom. The molecular weight excluding hydrogens is 243 g/mol. The van der Waals surface area contributed by atoms with Crippen molar-refractivity contribution in [2.75, 3.05) is 0 Å². The van der Waals surface area contributed by atoms with Gasteiger partial charge in [0, 0.05) is 0 Å².